The van der Waals surface area contributed by atoms with Crippen LogP contribution in [0.25, 0.3) is 0 Å². The average Bonchev–Trinajstić information content (AvgIpc) is 2.04. The van der Waals surface area contributed by atoms with E-state index in [0.29, 0.717) is 6.54 Å². The van der Waals surface area contributed by atoms with Gasteiger partial charge in [0.2, 0.25) is 5.82 Å². The number of hydrogen-bond acceptors (Lipinski definition) is 3. The molecule has 0 spiro atoms. The maximum atomic E-state index is 12.9. The molecule has 0 fully saturated rings. The molecule has 0 aliphatic heterocycles. The van der Waals surface area contributed by atoms with Crippen LogP contribution in [0.2, 0.25) is 0 Å². The van der Waals surface area contributed by atoms with Crippen LogP contribution in [0.15, 0.2) is 18.2 Å². The molecule has 0 radical (unpaired) electrons. The number of nitrogens with zero attached hydrogens (tertiary/aromatic N) is 1. The first kappa shape index (κ1) is 9.44. The summed E-state index contributed by atoms with van der Waals surface area (Å²) in [6.07, 6.45) is 0. The van der Waals surface area contributed by atoms with E-state index in [2.05, 4.69) is 5.32 Å². The summed E-state index contributed by atoms with van der Waals surface area (Å²) in [4.78, 5) is 9.71. The van der Waals surface area contributed by atoms with Crippen LogP contribution < -0.4 is 5.32 Å². The van der Waals surface area contributed by atoms with Gasteiger partial charge in [0, 0.05) is 6.54 Å². The van der Waals surface area contributed by atoms with Crippen LogP contribution in [-0.2, 0) is 0 Å². The Morgan fingerprint density at radius 1 is 1.62 bits per heavy atom. The van der Waals surface area contributed by atoms with Crippen molar-refractivity contribution in [2.45, 2.75) is 6.92 Å². The van der Waals surface area contributed by atoms with Gasteiger partial charge < -0.3 is 5.32 Å². The molecule has 0 aliphatic carbocycles. The third kappa shape index (κ3) is 1.93. The zero-order valence-electron chi connectivity index (χ0n) is 7.08. The normalized spacial score (nSPS) is 9.69. The van der Waals surface area contributed by atoms with E-state index in [4.69, 9.17) is 0 Å². The first-order valence-corrected chi connectivity index (χ1v) is 3.83. The van der Waals surface area contributed by atoms with Gasteiger partial charge in [-0.2, -0.15) is 4.39 Å². The third-order valence-corrected chi connectivity index (χ3v) is 1.54. The van der Waals surface area contributed by atoms with Crippen molar-refractivity contribution in [2.75, 3.05) is 11.9 Å². The highest BCUT2D eigenvalue weighted by Gasteiger charge is 2.18. The van der Waals surface area contributed by atoms with Gasteiger partial charge in [-0.3, -0.25) is 10.1 Å². The van der Waals surface area contributed by atoms with Crippen LogP contribution in [0.3, 0.4) is 0 Å². The number of nitrogens with one attached hydrogen (secondary N) is 1. The molecule has 0 unspecified atom stereocenters. The fraction of sp³-hybridized carbons (Fsp3) is 0.250. The van der Waals surface area contributed by atoms with Gasteiger partial charge in [-0.15, -0.1) is 0 Å². The minimum atomic E-state index is -0.816. The first-order valence-electron chi connectivity index (χ1n) is 3.83. The maximum Gasteiger partial charge on any atom is 0.327 e. The molecule has 0 aromatic heterocycles. The summed E-state index contributed by atoms with van der Waals surface area (Å²) < 4.78 is 12.9. The molecule has 13 heavy (non-hydrogen) atoms. The van der Waals surface area contributed by atoms with E-state index >= 15 is 0 Å². The van der Waals surface area contributed by atoms with Crippen LogP contribution in [0.1, 0.15) is 6.92 Å². The maximum absolute atomic E-state index is 12.9. The molecule has 1 rings (SSSR count). The predicted molar refractivity (Wildman–Crippen MR) is 47.2 cm³/mol. The number of anilines is 1. The lowest BCUT2D eigenvalue weighted by Gasteiger charge is -2.03. The van der Waals surface area contributed by atoms with Gasteiger partial charge in [0.1, 0.15) is 5.69 Å². The molecule has 1 aromatic carbocycles. The van der Waals surface area contributed by atoms with Gasteiger partial charge in [-0.05, 0) is 19.1 Å². The quantitative estimate of drug-likeness (QED) is 0.578. The lowest BCUT2D eigenvalue weighted by molar-refractivity contribution is -0.386. The van der Waals surface area contributed by atoms with Crippen molar-refractivity contribution in [3.63, 3.8) is 0 Å². The Morgan fingerprint density at radius 3 is 2.85 bits per heavy atom. The minimum absolute atomic E-state index is 0.215. The molecule has 0 bridgehead atoms. The van der Waals surface area contributed by atoms with Crippen LogP contribution in [-0.4, -0.2) is 11.5 Å². The lowest BCUT2D eigenvalue weighted by atomic mass is 10.2. The fourth-order valence-corrected chi connectivity index (χ4v) is 1.03. The molecule has 5 heteroatoms. The highest BCUT2D eigenvalue weighted by molar-refractivity contribution is 5.61. The number of para-hydroxylation sites is 1. The van der Waals surface area contributed by atoms with Gasteiger partial charge in [0.05, 0.1) is 4.92 Å². The Labute approximate surface area is 74.5 Å². The van der Waals surface area contributed by atoms with Crippen LogP contribution in [0.4, 0.5) is 15.8 Å². The smallest absolute Gasteiger partial charge is 0.327 e. The van der Waals surface area contributed by atoms with Gasteiger partial charge in [0.25, 0.3) is 0 Å². The number of hydrogen-bond donors (Lipinski definition) is 1. The Kier molecular flexibility index (Phi) is 2.79. The average molecular weight is 184 g/mol. The highest BCUT2D eigenvalue weighted by atomic mass is 19.1. The van der Waals surface area contributed by atoms with Gasteiger partial charge in [-0.1, -0.05) is 6.07 Å². The second kappa shape index (κ2) is 3.84. The van der Waals surface area contributed by atoms with Crippen LogP contribution in [0.5, 0.6) is 0 Å². The Bertz CT molecular complexity index is 328. The Morgan fingerprint density at radius 2 is 2.31 bits per heavy atom. The van der Waals surface area contributed by atoms with E-state index < -0.39 is 16.4 Å². The number of halogens is 1. The van der Waals surface area contributed by atoms with E-state index in [-0.39, 0.29) is 5.69 Å². The summed E-state index contributed by atoms with van der Waals surface area (Å²) in [7, 11) is 0. The zero-order valence-corrected chi connectivity index (χ0v) is 7.08. The summed E-state index contributed by atoms with van der Waals surface area (Å²) in [5.74, 6) is -0.816. The van der Waals surface area contributed by atoms with Gasteiger partial charge in [-0.25, -0.2) is 0 Å². The number of benzene rings is 1. The second-order valence-electron chi connectivity index (χ2n) is 2.42. The van der Waals surface area contributed by atoms with Crippen molar-refractivity contribution in [3.8, 4) is 0 Å². The van der Waals surface area contributed by atoms with Crippen molar-refractivity contribution in [2.24, 2.45) is 0 Å². The Hall–Kier alpha value is -1.65. The molecule has 0 amide bonds. The van der Waals surface area contributed by atoms with Crippen molar-refractivity contribution in [1.29, 1.82) is 0 Å². The zero-order chi connectivity index (χ0) is 9.84. The predicted octanol–water partition coefficient (Wildman–Crippen LogP) is 2.17. The summed E-state index contributed by atoms with van der Waals surface area (Å²) in [5, 5.41) is 13.2. The van der Waals surface area contributed by atoms with E-state index in [1.54, 1.807) is 6.92 Å². The van der Waals surface area contributed by atoms with Crippen molar-refractivity contribution in [1.82, 2.24) is 0 Å². The van der Waals surface area contributed by atoms with E-state index in [0.717, 1.165) is 6.07 Å². The molecule has 0 heterocycles. The summed E-state index contributed by atoms with van der Waals surface area (Å²) in [6.45, 7) is 2.30. The summed E-state index contributed by atoms with van der Waals surface area (Å²) >= 11 is 0. The molecule has 0 aliphatic rings. The summed E-state index contributed by atoms with van der Waals surface area (Å²) in [5.41, 5.74) is -0.281. The molecule has 0 saturated carbocycles. The molecular weight excluding hydrogens is 175 g/mol. The largest absolute Gasteiger partial charge is 0.380 e. The topological polar surface area (TPSA) is 55.2 Å². The second-order valence-corrected chi connectivity index (χ2v) is 2.42. The third-order valence-electron chi connectivity index (χ3n) is 1.54. The highest BCUT2D eigenvalue weighted by Crippen LogP contribution is 2.26. The van der Waals surface area contributed by atoms with Crippen LogP contribution in [0, 0.1) is 15.9 Å². The van der Waals surface area contributed by atoms with Crippen LogP contribution >= 0.6 is 0 Å². The van der Waals surface area contributed by atoms with Crippen molar-refractivity contribution in [3.05, 3.63) is 34.1 Å². The van der Waals surface area contributed by atoms with Crippen molar-refractivity contribution >= 4 is 11.4 Å². The monoisotopic (exact) mass is 184 g/mol. The minimum Gasteiger partial charge on any atom is -0.380 e. The standard InChI is InChI=1S/C8H9FN2O2/c1-2-10-7-5-3-4-6(9)8(7)11(12)13/h3-5,10H,2H2,1H3. The van der Waals surface area contributed by atoms with E-state index in [9.17, 15) is 14.5 Å². The summed E-state index contributed by atoms with van der Waals surface area (Å²) in [6, 6.07) is 3.98. The molecular formula is C8H9FN2O2. The van der Waals surface area contributed by atoms with Gasteiger partial charge in [0.15, 0.2) is 0 Å². The van der Waals surface area contributed by atoms with E-state index in [1.165, 1.54) is 12.1 Å². The number of nitro groups is 1. The van der Waals surface area contributed by atoms with Gasteiger partial charge >= 0.3 is 5.69 Å². The number of nitro benzene ring substituents is 1. The molecule has 70 valence electrons. The first-order chi connectivity index (χ1) is 6.16. The molecule has 0 saturated heterocycles. The molecule has 1 aromatic rings. The molecule has 0 atom stereocenters. The molecule has 1 N–H and O–H groups in total. The lowest BCUT2D eigenvalue weighted by Crippen LogP contribution is -2.02. The van der Waals surface area contributed by atoms with Crippen molar-refractivity contribution < 1.29 is 9.31 Å². The Balaban J connectivity index is 3.17. The fourth-order valence-electron chi connectivity index (χ4n) is 1.03. The number of rotatable bonds is 3. The SMILES string of the molecule is CCNc1cccc(F)c1[N+](=O)[O-]. The van der Waals surface area contributed by atoms with E-state index in [1.807, 2.05) is 0 Å². The molecule has 4 nitrogen and oxygen atoms in total.